The highest BCUT2D eigenvalue weighted by Gasteiger charge is 2.18. The second kappa shape index (κ2) is 12.5. The molecular formula is C50H32N2. The second-order valence-electron chi connectivity index (χ2n) is 13.3. The highest BCUT2D eigenvalue weighted by Crippen LogP contribution is 2.44. The molecular weight excluding hydrogens is 629 g/mol. The van der Waals surface area contributed by atoms with Gasteiger partial charge in [0.25, 0.3) is 0 Å². The van der Waals surface area contributed by atoms with Crippen molar-refractivity contribution >= 4 is 43.1 Å². The van der Waals surface area contributed by atoms with Gasteiger partial charge in [-0.3, -0.25) is 0 Å². The number of benzene rings is 9. The van der Waals surface area contributed by atoms with E-state index in [-0.39, 0.29) is 0 Å². The summed E-state index contributed by atoms with van der Waals surface area (Å²) in [5, 5.41) is 9.80. The predicted octanol–water partition coefficient (Wildman–Crippen LogP) is 13.4. The summed E-state index contributed by atoms with van der Waals surface area (Å²) in [7, 11) is 0. The number of fused-ring (bicyclic) bond motifs is 6. The van der Waals surface area contributed by atoms with Crippen LogP contribution in [-0.4, -0.2) is 9.97 Å². The first-order chi connectivity index (χ1) is 25.8. The molecule has 0 N–H and O–H groups in total. The number of hydrogen-bond donors (Lipinski definition) is 0. The molecule has 0 saturated heterocycles. The average molecular weight is 661 g/mol. The van der Waals surface area contributed by atoms with Gasteiger partial charge < -0.3 is 0 Å². The molecule has 2 heteroatoms. The molecule has 0 atom stereocenters. The molecule has 242 valence electrons. The van der Waals surface area contributed by atoms with Crippen molar-refractivity contribution in [2.75, 3.05) is 0 Å². The van der Waals surface area contributed by atoms with Gasteiger partial charge in [0.15, 0.2) is 5.82 Å². The van der Waals surface area contributed by atoms with Crippen LogP contribution < -0.4 is 0 Å². The van der Waals surface area contributed by atoms with E-state index in [4.69, 9.17) is 9.97 Å². The van der Waals surface area contributed by atoms with E-state index in [2.05, 4.69) is 182 Å². The van der Waals surface area contributed by atoms with Crippen molar-refractivity contribution in [3.05, 3.63) is 194 Å². The van der Waals surface area contributed by atoms with Crippen molar-refractivity contribution in [1.82, 2.24) is 9.97 Å². The van der Waals surface area contributed by atoms with Crippen LogP contribution in [0.15, 0.2) is 194 Å². The highest BCUT2D eigenvalue weighted by atomic mass is 14.9. The molecule has 1 heterocycles. The molecule has 0 aliphatic rings. The lowest BCUT2D eigenvalue weighted by Gasteiger charge is -2.18. The third-order valence-electron chi connectivity index (χ3n) is 10.3. The molecule has 0 unspecified atom stereocenters. The van der Waals surface area contributed by atoms with Crippen LogP contribution in [0.3, 0.4) is 0 Å². The normalized spacial score (nSPS) is 11.5. The third-order valence-corrected chi connectivity index (χ3v) is 10.3. The van der Waals surface area contributed by atoms with Gasteiger partial charge in [-0.15, -0.1) is 0 Å². The van der Waals surface area contributed by atoms with Crippen LogP contribution in [-0.2, 0) is 0 Å². The van der Waals surface area contributed by atoms with E-state index < -0.39 is 0 Å². The van der Waals surface area contributed by atoms with Crippen LogP contribution in [0.2, 0.25) is 0 Å². The molecule has 52 heavy (non-hydrogen) atoms. The number of hydrogen-bond acceptors (Lipinski definition) is 2. The van der Waals surface area contributed by atoms with E-state index in [1.807, 2.05) is 12.1 Å². The molecule has 0 amide bonds. The molecule has 0 aliphatic heterocycles. The molecule has 0 radical (unpaired) electrons. The van der Waals surface area contributed by atoms with Crippen molar-refractivity contribution in [2.24, 2.45) is 0 Å². The van der Waals surface area contributed by atoms with Crippen LogP contribution in [0.1, 0.15) is 0 Å². The van der Waals surface area contributed by atoms with Gasteiger partial charge in [0.05, 0.1) is 11.4 Å². The van der Waals surface area contributed by atoms with Gasteiger partial charge in [0.1, 0.15) is 0 Å². The zero-order valence-corrected chi connectivity index (χ0v) is 28.4. The Hall–Kier alpha value is -6.90. The summed E-state index contributed by atoms with van der Waals surface area (Å²) in [6, 6.07) is 69.3. The largest absolute Gasteiger partial charge is 0.228 e. The maximum absolute atomic E-state index is 5.20. The van der Waals surface area contributed by atoms with Gasteiger partial charge in [-0.1, -0.05) is 170 Å². The van der Waals surface area contributed by atoms with E-state index in [1.54, 1.807) is 0 Å². The Labute approximate surface area is 302 Å². The zero-order chi connectivity index (χ0) is 34.4. The molecule has 0 bridgehead atoms. The van der Waals surface area contributed by atoms with E-state index in [1.165, 1.54) is 60.0 Å². The number of aromatic nitrogens is 2. The Bertz CT molecular complexity index is 2880. The van der Waals surface area contributed by atoms with Crippen LogP contribution >= 0.6 is 0 Å². The monoisotopic (exact) mass is 660 g/mol. The molecule has 1 aromatic heterocycles. The van der Waals surface area contributed by atoms with Crippen LogP contribution in [0.4, 0.5) is 0 Å². The minimum Gasteiger partial charge on any atom is -0.228 e. The maximum Gasteiger partial charge on any atom is 0.161 e. The van der Waals surface area contributed by atoms with Crippen molar-refractivity contribution in [3.63, 3.8) is 0 Å². The molecule has 0 aliphatic carbocycles. The molecule has 0 saturated carbocycles. The van der Waals surface area contributed by atoms with Crippen molar-refractivity contribution in [3.8, 4) is 56.2 Å². The summed E-state index contributed by atoms with van der Waals surface area (Å²) in [4.78, 5) is 10.4. The molecule has 0 spiro atoms. The fourth-order valence-electron chi connectivity index (χ4n) is 7.84. The molecule has 10 aromatic rings. The fraction of sp³-hybridized carbons (Fsp3) is 0. The number of rotatable bonds is 5. The van der Waals surface area contributed by atoms with Crippen molar-refractivity contribution in [2.45, 2.75) is 0 Å². The molecule has 9 aromatic carbocycles. The summed E-state index contributed by atoms with van der Waals surface area (Å²) in [5.41, 5.74) is 9.83. The minimum absolute atomic E-state index is 0.714. The Balaban J connectivity index is 1.23. The smallest absolute Gasteiger partial charge is 0.161 e. The Morgan fingerprint density at radius 3 is 1.12 bits per heavy atom. The SMILES string of the molecule is c1ccc(-c2cc(-c3ccccc3)nc(-c3ccc(-c4cc5c6ccccc6c(-c6ccccc6)cc5c5ccccc45)c4ccccc34)n2)cc1. The minimum atomic E-state index is 0.714. The van der Waals surface area contributed by atoms with E-state index in [0.29, 0.717) is 5.82 Å². The standard InChI is InChI=1S/C50H32N2/c1-4-16-33(17-5-1)44-30-46-41-27-15-14-26-40(41)45(31-47(46)39-25-13-12-24-38(39)44)42-28-29-43(37-23-11-10-22-36(37)42)50-51-48(34-18-6-2-7-19-34)32-49(52-50)35-20-8-3-9-21-35/h1-32H. The van der Waals surface area contributed by atoms with Gasteiger partial charge >= 0.3 is 0 Å². The Morgan fingerprint density at radius 2 is 0.596 bits per heavy atom. The van der Waals surface area contributed by atoms with Crippen LogP contribution in [0.5, 0.6) is 0 Å². The second-order valence-corrected chi connectivity index (χ2v) is 13.3. The van der Waals surface area contributed by atoms with Gasteiger partial charge in [-0.05, 0) is 89.6 Å². The first-order valence-electron chi connectivity index (χ1n) is 17.8. The number of nitrogens with zero attached hydrogens (tertiary/aromatic N) is 2. The Morgan fingerprint density at radius 1 is 0.231 bits per heavy atom. The van der Waals surface area contributed by atoms with Crippen LogP contribution in [0, 0.1) is 0 Å². The van der Waals surface area contributed by atoms with Crippen molar-refractivity contribution < 1.29 is 0 Å². The summed E-state index contributed by atoms with van der Waals surface area (Å²) in [5.74, 6) is 0.714. The maximum atomic E-state index is 5.20. The van der Waals surface area contributed by atoms with Gasteiger partial charge in [0.2, 0.25) is 0 Å². The summed E-state index contributed by atoms with van der Waals surface area (Å²) >= 11 is 0. The Kier molecular flexibility index (Phi) is 7.18. The van der Waals surface area contributed by atoms with Gasteiger partial charge in [0, 0.05) is 16.7 Å². The van der Waals surface area contributed by atoms with E-state index >= 15 is 0 Å². The molecule has 2 nitrogen and oxygen atoms in total. The lowest BCUT2D eigenvalue weighted by Crippen LogP contribution is -1.97. The first-order valence-corrected chi connectivity index (χ1v) is 17.8. The zero-order valence-electron chi connectivity index (χ0n) is 28.4. The molecule has 0 fully saturated rings. The van der Waals surface area contributed by atoms with Gasteiger partial charge in [-0.25, -0.2) is 9.97 Å². The average Bonchev–Trinajstić information content (AvgIpc) is 3.23. The summed E-state index contributed by atoms with van der Waals surface area (Å²) in [6.45, 7) is 0. The fourth-order valence-corrected chi connectivity index (χ4v) is 7.84. The topological polar surface area (TPSA) is 25.8 Å². The van der Waals surface area contributed by atoms with Crippen LogP contribution in [0.25, 0.3) is 99.2 Å². The summed E-state index contributed by atoms with van der Waals surface area (Å²) in [6.07, 6.45) is 0. The van der Waals surface area contributed by atoms with Crippen molar-refractivity contribution in [1.29, 1.82) is 0 Å². The third kappa shape index (κ3) is 5.04. The quantitative estimate of drug-likeness (QED) is 0.172. The summed E-state index contributed by atoms with van der Waals surface area (Å²) < 4.78 is 0. The van der Waals surface area contributed by atoms with E-state index in [0.717, 1.165) is 33.5 Å². The lowest BCUT2D eigenvalue weighted by atomic mass is 9.86. The first kappa shape index (κ1) is 30.0. The lowest BCUT2D eigenvalue weighted by molar-refractivity contribution is 1.19. The van der Waals surface area contributed by atoms with E-state index in [9.17, 15) is 0 Å². The highest BCUT2D eigenvalue weighted by molar-refractivity contribution is 6.25. The van der Waals surface area contributed by atoms with Gasteiger partial charge in [-0.2, -0.15) is 0 Å². The predicted molar refractivity (Wildman–Crippen MR) is 219 cm³/mol. The molecule has 10 rings (SSSR count).